The summed E-state index contributed by atoms with van der Waals surface area (Å²) in [4.78, 5) is 23.8. The lowest BCUT2D eigenvalue weighted by atomic mass is 9.87. The number of carbonyl (C=O) groups is 2. The number of carboxylic acid groups (broad SMARTS) is 1. The normalized spacial score (nSPS) is 19.5. The number of nitrogens with one attached hydrogen (secondary N) is 2. The molecule has 2 aromatic rings. The number of benzene rings is 2. The number of hydrogen-bond acceptors (Lipinski definition) is 6. The van der Waals surface area contributed by atoms with Crippen molar-refractivity contribution in [2.75, 3.05) is 7.11 Å². The highest BCUT2D eigenvalue weighted by Gasteiger charge is 2.37. The lowest BCUT2D eigenvalue weighted by Gasteiger charge is -2.38. The maximum atomic E-state index is 12.0. The number of carboxylic acids is 1. The van der Waals surface area contributed by atoms with Gasteiger partial charge in [-0.25, -0.2) is 4.79 Å². The van der Waals surface area contributed by atoms with E-state index in [1.807, 2.05) is 62.4 Å². The lowest BCUT2D eigenvalue weighted by molar-refractivity contribution is -0.133. The Balaban J connectivity index is 1.71. The summed E-state index contributed by atoms with van der Waals surface area (Å²) < 4.78 is 17.4. The number of amides is 1. The standard InChI is InChI=1S/C28H36N2O6/c1-5-21(6-2)36-26-15-20(28(32)33)14-25(27(26)30-18(3)31)29-17-19-10-12-22(13-11-19)35-24-9-7-8-23(16-24)34-4/h7-13,15-16,21,25-27,29H,5-6,14,17H2,1-4H3,(H,30,31)(H,32,33)/t25-,26+,27+/m0/s1. The van der Waals surface area contributed by atoms with Crippen LogP contribution >= 0.6 is 0 Å². The van der Waals surface area contributed by atoms with E-state index >= 15 is 0 Å². The van der Waals surface area contributed by atoms with Crippen LogP contribution in [0.15, 0.2) is 60.2 Å². The summed E-state index contributed by atoms with van der Waals surface area (Å²) in [5.74, 6) is 0.930. The molecule has 0 unspecified atom stereocenters. The number of hydrogen-bond donors (Lipinski definition) is 3. The molecule has 1 aliphatic carbocycles. The van der Waals surface area contributed by atoms with Crippen LogP contribution in [0.3, 0.4) is 0 Å². The highest BCUT2D eigenvalue weighted by atomic mass is 16.5. The fraction of sp³-hybridized carbons (Fsp3) is 0.429. The van der Waals surface area contributed by atoms with Crippen LogP contribution in [0.5, 0.6) is 17.2 Å². The number of rotatable bonds is 12. The molecule has 1 aliphatic rings. The largest absolute Gasteiger partial charge is 0.497 e. The summed E-state index contributed by atoms with van der Waals surface area (Å²) in [6, 6.07) is 14.4. The van der Waals surface area contributed by atoms with Gasteiger partial charge in [0.15, 0.2) is 0 Å². The van der Waals surface area contributed by atoms with Crippen LogP contribution < -0.4 is 20.1 Å². The van der Waals surface area contributed by atoms with E-state index in [0.717, 1.165) is 24.2 Å². The first-order valence-corrected chi connectivity index (χ1v) is 12.3. The van der Waals surface area contributed by atoms with Crippen molar-refractivity contribution in [2.45, 2.75) is 70.9 Å². The third-order valence-corrected chi connectivity index (χ3v) is 6.27. The Morgan fingerprint density at radius 3 is 2.36 bits per heavy atom. The van der Waals surface area contributed by atoms with Crippen molar-refractivity contribution in [3.8, 4) is 17.2 Å². The van der Waals surface area contributed by atoms with Crippen LogP contribution in [0, 0.1) is 0 Å². The molecular weight excluding hydrogens is 460 g/mol. The number of methoxy groups -OCH3 is 1. The maximum Gasteiger partial charge on any atom is 0.331 e. The van der Waals surface area contributed by atoms with E-state index in [1.165, 1.54) is 6.92 Å². The van der Waals surface area contributed by atoms with Crippen molar-refractivity contribution < 1.29 is 28.9 Å². The molecule has 1 amide bonds. The molecule has 36 heavy (non-hydrogen) atoms. The quantitative estimate of drug-likeness (QED) is 0.399. The summed E-state index contributed by atoms with van der Waals surface area (Å²) >= 11 is 0. The fourth-order valence-corrected chi connectivity index (χ4v) is 4.29. The molecule has 0 bridgehead atoms. The minimum absolute atomic E-state index is 0.0200. The molecule has 0 fully saturated rings. The highest BCUT2D eigenvalue weighted by Crippen LogP contribution is 2.27. The van der Waals surface area contributed by atoms with E-state index in [9.17, 15) is 14.7 Å². The van der Waals surface area contributed by atoms with Gasteiger partial charge < -0.3 is 30.0 Å². The smallest absolute Gasteiger partial charge is 0.331 e. The second-order valence-corrected chi connectivity index (χ2v) is 8.88. The first-order chi connectivity index (χ1) is 17.3. The third kappa shape index (κ3) is 7.57. The van der Waals surface area contributed by atoms with Gasteiger partial charge >= 0.3 is 5.97 Å². The molecule has 2 aromatic carbocycles. The molecule has 3 rings (SSSR count). The monoisotopic (exact) mass is 496 g/mol. The van der Waals surface area contributed by atoms with Gasteiger partial charge in [0.1, 0.15) is 17.2 Å². The summed E-state index contributed by atoms with van der Waals surface area (Å²) in [5, 5.41) is 16.1. The second-order valence-electron chi connectivity index (χ2n) is 8.88. The first-order valence-electron chi connectivity index (χ1n) is 12.3. The molecule has 8 heteroatoms. The molecule has 0 spiro atoms. The topological polar surface area (TPSA) is 106 Å². The van der Waals surface area contributed by atoms with Gasteiger partial charge in [0.2, 0.25) is 5.91 Å². The summed E-state index contributed by atoms with van der Waals surface area (Å²) in [7, 11) is 1.61. The zero-order valence-electron chi connectivity index (χ0n) is 21.3. The van der Waals surface area contributed by atoms with E-state index in [-0.39, 0.29) is 36.1 Å². The lowest BCUT2D eigenvalue weighted by Crippen LogP contribution is -2.58. The Bertz CT molecular complexity index is 1050. The van der Waals surface area contributed by atoms with E-state index in [4.69, 9.17) is 14.2 Å². The van der Waals surface area contributed by atoms with Crippen molar-refractivity contribution >= 4 is 11.9 Å². The predicted octanol–water partition coefficient (Wildman–Crippen LogP) is 4.44. The Hall–Kier alpha value is -3.36. The van der Waals surface area contributed by atoms with Gasteiger partial charge in [-0.3, -0.25) is 4.79 Å². The zero-order valence-corrected chi connectivity index (χ0v) is 21.3. The minimum Gasteiger partial charge on any atom is -0.497 e. The van der Waals surface area contributed by atoms with Gasteiger partial charge in [0.05, 0.1) is 25.4 Å². The van der Waals surface area contributed by atoms with Crippen molar-refractivity contribution in [3.05, 3.63) is 65.7 Å². The highest BCUT2D eigenvalue weighted by molar-refractivity contribution is 5.87. The van der Waals surface area contributed by atoms with E-state index in [2.05, 4.69) is 10.6 Å². The van der Waals surface area contributed by atoms with Crippen molar-refractivity contribution in [3.63, 3.8) is 0 Å². The Kier molecular flexibility index (Phi) is 9.90. The molecular formula is C28H36N2O6. The average molecular weight is 497 g/mol. The molecule has 194 valence electrons. The molecule has 8 nitrogen and oxygen atoms in total. The van der Waals surface area contributed by atoms with Gasteiger partial charge in [0, 0.05) is 31.1 Å². The second kappa shape index (κ2) is 13.1. The van der Waals surface area contributed by atoms with Crippen molar-refractivity contribution in [2.24, 2.45) is 0 Å². The van der Waals surface area contributed by atoms with Crippen LogP contribution in [0.25, 0.3) is 0 Å². The van der Waals surface area contributed by atoms with Gasteiger partial charge in [-0.2, -0.15) is 0 Å². The molecule has 0 heterocycles. The van der Waals surface area contributed by atoms with Crippen LogP contribution in [0.1, 0.15) is 45.6 Å². The number of ether oxygens (including phenoxy) is 3. The molecule has 3 N–H and O–H groups in total. The summed E-state index contributed by atoms with van der Waals surface area (Å²) in [6.07, 6.45) is 2.98. The van der Waals surface area contributed by atoms with Crippen LogP contribution in [-0.2, 0) is 20.9 Å². The van der Waals surface area contributed by atoms with Gasteiger partial charge in [0.25, 0.3) is 0 Å². The van der Waals surface area contributed by atoms with Gasteiger partial charge in [-0.1, -0.05) is 32.0 Å². The Morgan fingerprint density at radius 2 is 1.75 bits per heavy atom. The molecule has 0 saturated heterocycles. The van der Waals surface area contributed by atoms with Crippen LogP contribution in [-0.4, -0.2) is 48.4 Å². The Labute approximate surface area is 212 Å². The summed E-state index contributed by atoms with van der Waals surface area (Å²) in [6.45, 7) is 6.01. The van der Waals surface area contributed by atoms with Crippen LogP contribution in [0.4, 0.5) is 0 Å². The zero-order chi connectivity index (χ0) is 26.1. The van der Waals surface area contributed by atoms with Gasteiger partial charge in [-0.15, -0.1) is 0 Å². The van der Waals surface area contributed by atoms with Crippen molar-refractivity contribution in [1.82, 2.24) is 10.6 Å². The van der Waals surface area contributed by atoms with Crippen molar-refractivity contribution in [1.29, 1.82) is 0 Å². The van der Waals surface area contributed by atoms with E-state index < -0.39 is 12.1 Å². The SMILES string of the molecule is CCC(CC)O[C@@H]1C=C(C(=O)O)C[C@H](NCc2ccc(Oc3cccc(OC)c3)cc2)[C@H]1NC(C)=O. The summed E-state index contributed by atoms with van der Waals surface area (Å²) in [5.41, 5.74) is 1.28. The molecule has 0 saturated carbocycles. The predicted molar refractivity (Wildman–Crippen MR) is 137 cm³/mol. The number of carbonyl (C=O) groups excluding carboxylic acids is 1. The first kappa shape index (κ1) is 27.2. The molecule has 0 radical (unpaired) electrons. The van der Waals surface area contributed by atoms with Gasteiger partial charge in [-0.05, 0) is 55.2 Å². The van der Waals surface area contributed by atoms with E-state index in [0.29, 0.717) is 18.0 Å². The maximum absolute atomic E-state index is 12.0. The van der Waals surface area contributed by atoms with E-state index in [1.54, 1.807) is 13.2 Å². The van der Waals surface area contributed by atoms with Crippen LogP contribution in [0.2, 0.25) is 0 Å². The fourth-order valence-electron chi connectivity index (χ4n) is 4.29. The molecule has 0 aromatic heterocycles. The Morgan fingerprint density at radius 1 is 1.06 bits per heavy atom. The molecule has 0 aliphatic heterocycles. The minimum atomic E-state index is -0.972. The number of aliphatic carboxylic acids is 1. The third-order valence-electron chi connectivity index (χ3n) is 6.27. The molecule has 3 atom stereocenters. The average Bonchev–Trinajstić information content (AvgIpc) is 2.87.